The first kappa shape index (κ1) is 14.7. The third-order valence-corrected chi connectivity index (χ3v) is 2.92. The van der Waals surface area contributed by atoms with E-state index in [-0.39, 0.29) is 5.76 Å². The van der Waals surface area contributed by atoms with Crippen LogP contribution in [0, 0.1) is 0 Å². The number of aliphatic imine (C=N–C) groups is 1. The van der Waals surface area contributed by atoms with Crippen molar-refractivity contribution < 1.29 is 14.6 Å². The molecule has 0 saturated heterocycles. The number of benzene rings is 2. The first-order valence-corrected chi connectivity index (χ1v) is 6.45. The predicted molar refractivity (Wildman–Crippen MR) is 84.7 cm³/mol. The molecule has 4 nitrogen and oxygen atoms in total. The van der Waals surface area contributed by atoms with Gasteiger partial charge in [0.15, 0.2) is 0 Å². The van der Waals surface area contributed by atoms with Crippen LogP contribution in [0.3, 0.4) is 0 Å². The number of ether oxygens (including phenoxy) is 2. The van der Waals surface area contributed by atoms with Crippen LogP contribution in [0.5, 0.6) is 11.5 Å². The van der Waals surface area contributed by atoms with E-state index in [9.17, 15) is 5.11 Å². The van der Waals surface area contributed by atoms with Gasteiger partial charge >= 0.3 is 0 Å². The van der Waals surface area contributed by atoms with Gasteiger partial charge in [-0.2, -0.15) is 0 Å². The SMILES string of the molecule is COc1ccc(/C(O)=C\C=N\c2ccccc2OC)cc1. The monoisotopic (exact) mass is 283 g/mol. The van der Waals surface area contributed by atoms with Gasteiger partial charge in [-0.25, -0.2) is 0 Å². The van der Waals surface area contributed by atoms with Gasteiger partial charge in [0.25, 0.3) is 0 Å². The number of hydrogen-bond donors (Lipinski definition) is 1. The van der Waals surface area contributed by atoms with Crippen LogP contribution in [0.4, 0.5) is 5.69 Å². The quantitative estimate of drug-likeness (QED) is 0.666. The molecule has 0 atom stereocenters. The van der Waals surface area contributed by atoms with Gasteiger partial charge in [0, 0.05) is 11.8 Å². The average Bonchev–Trinajstić information content (AvgIpc) is 2.55. The van der Waals surface area contributed by atoms with Gasteiger partial charge < -0.3 is 14.6 Å². The number of aliphatic hydroxyl groups excluding tert-OH is 1. The fourth-order valence-corrected chi connectivity index (χ4v) is 1.78. The summed E-state index contributed by atoms with van der Waals surface area (Å²) in [5, 5.41) is 9.99. The Morgan fingerprint density at radius 1 is 1.00 bits per heavy atom. The first-order valence-electron chi connectivity index (χ1n) is 6.45. The number of methoxy groups -OCH3 is 2. The second-order valence-corrected chi connectivity index (χ2v) is 4.23. The van der Waals surface area contributed by atoms with E-state index in [1.807, 2.05) is 24.3 Å². The highest BCUT2D eigenvalue weighted by atomic mass is 16.5. The van der Waals surface area contributed by atoms with Gasteiger partial charge in [0.2, 0.25) is 0 Å². The van der Waals surface area contributed by atoms with Gasteiger partial charge in [-0.15, -0.1) is 0 Å². The van der Waals surface area contributed by atoms with Gasteiger partial charge in [0.05, 0.1) is 14.2 Å². The number of allylic oxidation sites excluding steroid dienone is 1. The minimum atomic E-state index is 0.135. The predicted octanol–water partition coefficient (Wildman–Crippen LogP) is 4.01. The van der Waals surface area contributed by atoms with Crippen LogP contribution in [-0.2, 0) is 0 Å². The topological polar surface area (TPSA) is 51.0 Å². The van der Waals surface area contributed by atoms with Crippen LogP contribution in [-0.4, -0.2) is 25.5 Å². The van der Waals surface area contributed by atoms with E-state index in [1.165, 1.54) is 12.3 Å². The molecule has 0 heterocycles. The summed E-state index contributed by atoms with van der Waals surface area (Å²) in [4.78, 5) is 4.27. The summed E-state index contributed by atoms with van der Waals surface area (Å²) < 4.78 is 10.3. The molecule has 0 amide bonds. The smallest absolute Gasteiger partial charge is 0.144 e. The standard InChI is InChI=1S/C17H17NO3/c1-20-14-9-7-13(8-10-14)16(19)11-12-18-15-5-3-4-6-17(15)21-2/h3-12,19H,1-2H3/b16-11+,18-12+. The second kappa shape index (κ2) is 7.14. The van der Waals surface area contributed by atoms with E-state index >= 15 is 0 Å². The average molecular weight is 283 g/mol. The van der Waals surface area contributed by atoms with Crippen molar-refractivity contribution >= 4 is 17.7 Å². The lowest BCUT2D eigenvalue weighted by Crippen LogP contribution is -1.86. The molecule has 0 aliphatic heterocycles. The van der Waals surface area contributed by atoms with E-state index in [1.54, 1.807) is 38.5 Å². The maximum absolute atomic E-state index is 9.99. The lowest BCUT2D eigenvalue weighted by molar-refractivity contribution is 0.414. The fraction of sp³-hybridized carbons (Fsp3) is 0.118. The summed E-state index contributed by atoms with van der Waals surface area (Å²) in [7, 11) is 3.20. The van der Waals surface area contributed by atoms with Crippen molar-refractivity contribution in [2.45, 2.75) is 0 Å². The summed E-state index contributed by atoms with van der Waals surface area (Å²) in [5.74, 6) is 1.57. The number of rotatable bonds is 5. The molecule has 0 aliphatic carbocycles. The highest BCUT2D eigenvalue weighted by Gasteiger charge is 1.99. The molecule has 4 heteroatoms. The van der Waals surface area contributed by atoms with Gasteiger partial charge in [-0.3, -0.25) is 4.99 Å². The lowest BCUT2D eigenvalue weighted by Gasteiger charge is -2.03. The Labute approximate surface area is 124 Å². The maximum atomic E-state index is 9.99. The van der Waals surface area contributed by atoms with E-state index in [0.717, 1.165) is 5.75 Å². The van der Waals surface area contributed by atoms with Crippen molar-refractivity contribution in [3.8, 4) is 11.5 Å². The highest BCUT2D eigenvalue weighted by molar-refractivity contribution is 5.84. The third kappa shape index (κ3) is 3.86. The number of hydrogen-bond acceptors (Lipinski definition) is 4. The molecular formula is C17H17NO3. The molecule has 0 bridgehead atoms. The van der Waals surface area contributed by atoms with E-state index < -0.39 is 0 Å². The molecule has 1 N–H and O–H groups in total. The van der Waals surface area contributed by atoms with Crippen molar-refractivity contribution in [3.63, 3.8) is 0 Å². The molecule has 0 fully saturated rings. The van der Waals surface area contributed by atoms with Crippen molar-refractivity contribution in [1.29, 1.82) is 0 Å². The zero-order valence-electron chi connectivity index (χ0n) is 12.0. The molecule has 2 rings (SSSR count). The van der Waals surface area contributed by atoms with E-state index in [0.29, 0.717) is 17.0 Å². The Kier molecular flexibility index (Phi) is 4.99. The summed E-state index contributed by atoms with van der Waals surface area (Å²) in [6.45, 7) is 0. The third-order valence-electron chi connectivity index (χ3n) is 2.92. The molecule has 21 heavy (non-hydrogen) atoms. The largest absolute Gasteiger partial charge is 0.507 e. The summed E-state index contributed by atoms with van der Waals surface area (Å²) in [6, 6.07) is 14.6. The summed E-state index contributed by atoms with van der Waals surface area (Å²) in [5.41, 5.74) is 1.40. The molecule has 2 aromatic carbocycles. The lowest BCUT2D eigenvalue weighted by atomic mass is 10.2. The van der Waals surface area contributed by atoms with Crippen LogP contribution in [0.25, 0.3) is 5.76 Å². The van der Waals surface area contributed by atoms with Crippen LogP contribution < -0.4 is 9.47 Å². The Hall–Kier alpha value is -2.75. The van der Waals surface area contributed by atoms with Crippen LogP contribution in [0.2, 0.25) is 0 Å². The van der Waals surface area contributed by atoms with Crippen LogP contribution >= 0.6 is 0 Å². The Morgan fingerprint density at radius 3 is 2.38 bits per heavy atom. The van der Waals surface area contributed by atoms with Gasteiger partial charge in [0.1, 0.15) is 22.9 Å². The summed E-state index contributed by atoms with van der Waals surface area (Å²) >= 11 is 0. The molecule has 0 saturated carbocycles. The van der Waals surface area contributed by atoms with Crippen molar-refractivity contribution in [3.05, 3.63) is 60.2 Å². The molecule has 0 aromatic heterocycles. The van der Waals surface area contributed by atoms with Crippen LogP contribution in [0.15, 0.2) is 59.6 Å². The minimum absolute atomic E-state index is 0.135. The van der Waals surface area contributed by atoms with Gasteiger partial charge in [-0.05, 0) is 42.5 Å². The second-order valence-electron chi connectivity index (χ2n) is 4.23. The Morgan fingerprint density at radius 2 is 1.71 bits per heavy atom. The van der Waals surface area contributed by atoms with Crippen molar-refractivity contribution in [2.24, 2.45) is 4.99 Å². The molecule has 0 radical (unpaired) electrons. The zero-order chi connectivity index (χ0) is 15.1. The van der Waals surface area contributed by atoms with Crippen LogP contribution in [0.1, 0.15) is 5.56 Å². The fourth-order valence-electron chi connectivity index (χ4n) is 1.78. The first-order chi connectivity index (χ1) is 10.2. The maximum Gasteiger partial charge on any atom is 0.144 e. The molecule has 2 aromatic rings. The molecule has 108 valence electrons. The van der Waals surface area contributed by atoms with Crippen molar-refractivity contribution in [1.82, 2.24) is 0 Å². The number of aliphatic hydroxyl groups is 1. The normalized spacial score (nSPS) is 11.6. The number of nitrogens with zero attached hydrogens (tertiary/aromatic N) is 1. The van der Waals surface area contributed by atoms with Crippen molar-refractivity contribution in [2.75, 3.05) is 14.2 Å². The highest BCUT2D eigenvalue weighted by Crippen LogP contribution is 2.25. The molecule has 0 aliphatic rings. The molecule has 0 spiro atoms. The van der Waals surface area contributed by atoms with Gasteiger partial charge in [-0.1, -0.05) is 12.1 Å². The zero-order valence-corrected chi connectivity index (χ0v) is 12.0. The molecule has 0 unspecified atom stereocenters. The minimum Gasteiger partial charge on any atom is -0.507 e. The Balaban J connectivity index is 2.13. The van der Waals surface area contributed by atoms with E-state index in [2.05, 4.69) is 4.99 Å². The van der Waals surface area contributed by atoms with E-state index in [4.69, 9.17) is 9.47 Å². The summed E-state index contributed by atoms with van der Waals surface area (Å²) in [6.07, 6.45) is 3.08. The number of para-hydroxylation sites is 2. The Bertz CT molecular complexity index is 645. The molecular weight excluding hydrogens is 266 g/mol.